The van der Waals surface area contributed by atoms with Crippen molar-refractivity contribution in [2.75, 3.05) is 34.3 Å². The number of fused-ring (bicyclic) bond motifs is 1. The third-order valence-corrected chi connectivity index (χ3v) is 5.22. The van der Waals surface area contributed by atoms with E-state index in [9.17, 15) is 4.79 Å². The molecule has 1 amide bonds. The number of nitrogens with one attached hydrogen (secondary N) is 1. The summed E-state index contributed by atoms with van der Waals surface area (Å²) in [6, 6.07) is 15.7. The second kappa shape index (κ2) is 9.15. The minimum atomic E-state index is -0.222. The molecule has 0 saturated carbocycles. The molecule has 0 unspecified atom stereocenters. The number of benzene rings is 1. The summed E-state index contributed by atoms with van der Waals surface area (Å²) in [7, 11) is 7.35. The fourth-order valence-corrected chi connectivity index (χ4v) is 3.51. The molecular formula is C24H26N6O2. The Balaban J connectivity index is 1.84. The van der Waals surface area contributed by atoms with Gasteiger partial charge in [-0.2, -0.15) is 0 Å². The second-order valence-corrected chi connectivity index (χ2v) is 7.73. The Bertz CT molecular complexity index is 1250. The molecule has 0 aliphatic heterocycles. The first-order valence-electron chi connectivity index (χ1n) is 10.3. The number of rotatable bonds is 7. The Morgan fingerprint density at radius 1 is 1.09 bits per heavy atom. The summed E-state index contributed by atoms with van der Waals surface area (Å²) in [5.74, 6) is 0.628. The van der Waals surface area contributed by atoms with Crippen LogP contribution in [0.25, 0.3) is 33.5 Å². The minimum absolute atomic E-state index is 0.222. The average molecular weight is 431 g/mol. The van der Waals surface area contributed by atoms with Crippen molar-refractivity contribution in [1.29, 1.82) is 0 Å². The van der Waals surface area contributed by atoms with Crippen LogP contribution in [0.15, 0.2) is 54.7 Å². The third kappa shape index (κ3) is 4.31. The molecule has 0 fully saturated rings. The van der Waals surface area contributed by atoms with Crippen LogP contribution in [0.2, 0.25) is 0 Å². The highest BCUT2D eigenvalue weighted by atomic mass is 16.5. The van der Waals surface area contributed by atoms with E-state index in [0.29, 0.717) is 23.9 Å². The van der Waals surface area contributed by atoms with Gasteiger partial charge in [0.15, 0.2) is 5.65 Å². The first-order chi connectivity index (χ1) is 15.5. The van der Waals surface area contributed by atoms with Crippen molar-refractivity contribution in [3.05, 3.63) is 60.6 Å². The van der Waals surface area contributed by atoms with Crippen molar-refractivity contribution in [2.24, 2.45) is 7.05 Å². The molecule has 4 aromatic rings. The van der Waals surface area contributed by atoms with Crippen molar-refractivity contribution in [3.8, 4) is 28.3 Å². The lowest BCUT2D eigenvalue weighted by Crippen LogP contribution is -2.32. The molecule has 0 aliphatic carbocycles. The molecule has 0 radical (unpaired) electrons. The maximum absolute atomic E-state index is 12.7. The molecule has 164 valence electrons. The van der Waals surface area contributed by atoms with Crippen molar-refractivity contribution < 1.29 is 9.53 Å². The van der Waals surface area contributed by atoms with E-state index in [2.05, 4.69) is 15.3 Å². The van der Waals surface area contributed by atoms with Gasteiger partial charge in [0.05, 0.1) is 18.3 Å². The first-order valence-corrected chi connectivity index (χ1v) is 10.3. The highest BCUT2D eigenvalue weighted by Gasteiger charge is 2.20. The van der Waals surface area contributed by atoms with Gasteiger partial charge in [-0.1, -0.05) is 30.3 Å². The number of hydrogen-bond acceptors (Lipinski definition) is 6. The van der Waals surface area contributed by atoms with E-state index in [-0.39, 0.29) is 5.91 Å². The van der Waals surface area contributed by atoms with Gasteiger partial charge in [0.1, 0.15) is 0 Å². The van der Waals surface area contributed by atoms with Crippen molar-refractivity contribution >= 4 is 17.1 Å². The normalized spacial score (nSPS) is 11.2. The van der Waals surface area contributed by atoms with E-state index >= 15 is 0 Å². The lowest BCUT2D eigenvalue weighted by Gasteiger charge is -2.11. The van der Waals surface area contributed by atoms with Crippen molar-refractivity contribution in [1.82, 2.24) is 29.7 Å². The fraction of sp³-hybridized carbons (Fsp3) is 0.250. The number of carbonyl (C=O) groups excluding carboxylic acids is 1. The number of likely N-dealkylation sites (N-methyl/N-ethyl adjacent to an activating group) is 1. The third-order valence-electron chi connectivity index (χ3n) is 5.22. The number of hydrogen-bond donors (Lipinski definition) is 1. The van der Waals surface area contributed by atoms with Gasteiger partial charge in [-0.25, -0.2) is 15.0 Å². The summed E-state index contributed by atoms with van der Waals surface area (Å²) in [6.07, 6.45) is 1.71. The molecule has 8 heteroatoms. The van der Waals surface area contributed by atoms with Gasteiger partial charge < -0.3 is 19.5 Å². The number of methoxy groups -OCH3 is 1. The van der Waals surface area contributed by atoms with E-state index in [4.69, 9.17) is 9.72 Å². The average Bonchev–Trinajstić information content (AvgIpc) is 3.14. The van der Waals surface area contributed by atoms with Crippen LogP contribution < -0.4 is 10.1 Å². The molecule has 4 rings (SSSR count). The van der Waals surface area contributed by atoms with Gasteiger partial charge in [-0.15, -0.1) is 0 Å². The predicted octanol–water partition coefficient (Wildman–Crippen LogP) is 3.00. The summed E-state index contributed by atoms with van der Waals surface area (Å²) in [6.45, 7) is 1.29. The largest absolute Gasteiger partial charge is 0.481 e. The van der Waals surface area contributed by atoms with Crippen LogP contribution in [0.1, 0.15) is 10.6 Å². The van der Waals surface area contributed by atoms with E-state index in [1.54, 1.807) is 17.9 Å². The second-order valence-electron chi connectivity index (χ2n) is 7.73. The van der Waals surface area contributed by atoms with Crippen LogP contribution in [0.5, 0.6) is 5.88 Å². The Morgan fingerprint density at radius 3 is 2.59 bits per heavy atom. The van der Waals surface area contributed by atoms with E-state index in [1.807, 2.05) is 74.6 Å². The number of aryl methyl sites for hydroxylation is 1. The van der Waals surface area contributed by atoms with Crippen LogP contribution in [0.3, 0.4) is 0 Å². The molecule has 0 aliphatic rings. The molecule has 32 heavy (non-hydrogen) atoms. The maximum Gasteiger partial charge on any atom is 0.287 e. The number of pyridine rings is 2. The SMILES string of the molecule is COc1cc(-c2cc3c(nc2-c2ccccc2)nc(C(=O)NCCN(C)C)n3C)ccn1. The zero-order chi connectivity index (χ0) is 22.7. The van der Waals surface area contributed by atoms with E-state index in [1.165, 1.54) is 0 Å². The molecule has 0 saturated heterocycles. The predicted molar refractivity (Wildman–Crippen MR) is 125 cm³/mol. The lowest BCUT2D eigenvalue weighted by molar-refractivity contribution is 0.0938. The smallest absolute Gasteiger partial charge is 0.287 e. The quantitative estimate of drug-likeness (QED) is 0.485. The number of aromatic nitrogens is 4. The molecule has 1 aromatic carbocycles. The van der Waals surface area contributed by atoms with Gasteiger partial charge >= 0.3 is 0 Å². The molecule has 0 atom stereocenters. The van der Waals surface area contributed by atoms with Crippen molar-refractivity contribution in [2.45, 2.75) is 0 Å². The molecule has 0 spiro atoms. The molecule has 3 heterocycles. The highest BCUT2D eigenvalue weighted by molar-refractivity contribution is 5.96. The number of ether oxygens (including phenoxy) is 1. The van der Waals surface area contributed by atoms with E-state index < -0.39 is 0 Å². The molecule has 1 N–H and O–H groups in total. The highest BCUT2D eigenvalue weighted by Crippen LogP contribution is 2.34. The summed E-state index contributed by atoms with van der Waals surface area (Å²) in [5.41, 5.74) is 4.86. The van der Waals surface area contributed by atoms with Gasteiger partial charge in [0, 0.05) is 43.5 Å². The van der Waals surface area contributed by atoms with Crippen LogP contribution in [-0.2, 0) is 7.05 Å². The standard InChI is InChI=1S/C24H26N6O2/c1-29(2)13-12-26-24(31)23-28-22-19(30(23)3)15-18(17-10-11-25-20(14-17)32-4)21(27-22)16-8-6-5-7-9-16/h5-11,14-15H,12-13H2,1-4H3,(H,26,31). The van der Waals surface area contributed by atoms with Crippen LogP contribution in [0.4, 0.5) is 0 Å². The maximum atomic E-state index is 12.7. The zero-order valence-electron chi connectivity index (χ0n) is 18.7. The van der Waals surface area contributed by atoms with Crippen LogP contribution in [0, 0.1) is 0 Å². The molecular weight excluding hydrogens is 404 g/mol. The Labute approximate surface area is 186 Å². The summed E-state index contributed by atoms with van der Waals surface area (Å²) in [4.78, 5) is 28.4. The van der Waals surface area contributed by atoms with Gasteiger partial charge in [0.2, 0.25) is 11.7 Å². The number of nitrogens with zero attached hydrogens (tertiary/aromatic N) is 5. The van der Waals surface area contributed by atoms with Gasteiger partial charge in [-0.05, 0) is 31.8 Å². The minimum Gasteiger partial charge on any atom is -0.481 e. The summed E-state index contributed by atoms with van der Waals surface area (Å²) in [5, 5.41) is 2.92. The molecule has 8 nitrogen and oxygen atoms in total. The van der Waals surface area contributed by atoms with Crippen LogP contribution >= 0.6 is 0 Å². The number of imidazole rings is 1. The Morgan fingerprint density at radius 2 is 1.88 bits per heavy atom. The Kier molecular flexibility index (Phi) is 6.13. The summed E-state index contributed by atoms with van der Waals surface area (Å²) < 4.78 is 7.10. The fourth-order valence-electron chi connectivity index (χ4n) is 3.51. The molecule has 3 aromatic heterocycles. The van der Waals surface area contributed by atoms with E-state index in [0.717, 1.165) is 34.4 Å². The number of amides is 1. The van der Waals surface area contributed by atoms with Gasteiger partial charge in [-0.3, -0.25) is 4.79 Å². The van der Waals surface area contributed by atoms with Crippen LogP contribution in [-0.4, -0.2) is 64.6 Å². The Hall–Kier alpha value is -3.78. The zero-order valence-corrected chi connectivity index (χ0v) is 18.7. The number of carbonyl (C=O) groups is 1. The first kappa shape index (κ1) is 21.5. The summed E-state index contributed by atoms with van der Waals surface area (Å²) >= 11 is 0. The van der Waals surface area contributed by atoms with Crippen molar-refractivity contribution in [3.63, 3.8) is 0 Å². The molecule has 0 bridgehead atoms. The monoisotopic (exact) mass is 430 g/mol. The van der Waals surface area contributed by atoms with Gasteiger partial charge in [0.25, 0.3) is 5.91 Å². The lowest BCUT2D eigenvalue weighted by atomic mass is 10.00. The topological polar surface area (TPSA) is 85.2 Å².